The first-order valence-electron chi connectivity index (χ1n) is 4.63. The molecule has 0 aliphatic heterocycles. The summed E-state index contributed by atoms with van der Waals surface area (Å²) in [5.41, 5.74) is 0. The molecule has 72 valence electrons. The van der Waals surface area contributed by atoms with E-state index in [9.17, 15) is 0 Å². The summed E-state index contributed by atoms with van der Waals surface area (Å²) in [6, 6.07) is 7.68. The van der Waals surface area contributed by atoms with Gasteiger partial charge < -0.3 is 9.47 Å². The van der Waals surface area contributed by atoms with E-state index in [2.05, 4.69) is 6.92 Å². The molecule has 0 N–H and O–H groups in total. The summed E-state index contributed by atoms with van der Waals surface area (Å²) in [4.78, 5) is 0. The van der Waals surface area contributed by atoms with E-state index in [0.29, 0.717) is 0 Å². The molecule has 0 amide bonds. The van der Waals surface area contributed by atoms with Gasteiger partial charge in [-0.1, -0.05) is 19.4 Å². The van der Waals surface area contributed by atoms with Crippen LogP contribution in [0.15, 0.2) is 24.3 Å². The van der Waals surface area contributed by atoms with Gasteiger partial charge in [0.25, 0.3) is 0 Å². The van der Waals surface area contributed by atoms with Crippen LogP contribution in [0.3, 0.4) is 0 Å². The Morgan fingerprint density at radius 3 is 2.69 bits per heavy atom. The lowest BCUT2D eigenvalue weighted by Crippen LogP contribution is -1.96. The Morgan fingerprint density at radius 2 is 2.00 bits per heavy atom. The summed E-state index contributed by atoms with van der Waals surface area (Å²) in [7, 11) is 1.66. The van der Waals surface area contributed by atoms with Gasteiger partial charge in [0, 0.05) is 6.07 Å². The second-order valence-electron chi connectivity index (χ2n) is 2.88. The van der Waals surface area contributed by atoms with Crippen molar-refractivity contribution in [3.63, 3.8) is 0 Å². The second-order valence-corrected chi connectivity index (χ2v) is 2.88. The van der Waals surface area contributed by atoms with Gasteiger partial charge in [-0.25, -0.2) is 0 Å². The molecule has 0 fully saturated rings. The average molecular weight is 180 g/mol. The van der Waals surface area contributed by atoms with Crippen LogP contribution in [0.1, 0.15) is 19.8 Å². The molecule has 0 aromatic heterocycles. The molecule has 1 aromatic carbocycles. The molecule has 0 saturated carbocycles. The predicted molar refractivity (Wildman–Crippen MR) is 53.4 cm³/mol. The van der Waals surface area contributed by atoms with Gasteiger partial charge in [-0.05, 0) is 18.6 Å². The fourth-order valence-corrected chi connectivity index (χ4v) is 1.03. The SMILES string of the molecule is CCCCOc1cccc(OC)c1. The zero-order valence-corrected chi connectivity index (χ0v) is 8.25. The Hall–Kier alpha value is -1.18. The van der Waals surface area contributed by atoms with Crippen LogP contribution in [-0.4, -0.2) is 13.7 Å². The number of hydrogen-bond acceptors (Lipinski definition) is 2. The van der Waals surface area contributed by atoms with Crippen LogP contribution < -0.4 is 9.47 Å². The van der Waals surface area contributed by atoms with Gasteiger partial charge in [-0.2, -0.15) is 0 Å². The van der Waals surface area contributed by atoms with Gasteiger partial charge in [0.1, 0.15) is 11.5 Å². The van der Waals surface area contributed by atoms with E-state index in [1.54, 1.807) is 7.11 Å². The van der Waals surface area contributed by atoms with Crippen molar-refractivity contribution in [1.82, 2.24) is 0 Å². The average Bonchev–Trinajstić information content (AvgIpc) is 2.19. The molecule has 0 radical (unpaired) electrons. The monoisotopic (exact) mass is 180 g/mol. The maximum atomic E-state index is 5.51. The van der Waals surface area contributed by atoms with E-state index < -0.39 is 0 Å². The first-order chi connectivity index (χ1) is 6.36. The lowest BCUT2D eigenvalue weighted by Gasteiger charge is -2.06. The minimum atomic E-state index is 0.781. The highest BCUT2D eigenvalue weighted by Crippen LogP contribution is 2.18. The predicted octanol–water partition coefficient (Wildman–Crippen LogP) is 2.87. The number of ether oxygens (including phenoxy) is 2. The van der Waals surface area contributed by atoms with E-state index in [1.165, 1.54) is 0 Å². The lowest BCUT2D eigenvalue weighted by atomic mass is 10.3. The molecular formula is C11H16O2. The van der Waals surface area contributed by atoms with Crippen molar-refractivity contribution in [1.29, 1.82) is 0 Å². The number of benzene rings is 1. The summed E-state index contributed by atoms with van der Waals surface area (Å²) in [5.74, 6) is 1.72. The van der Waals surface area contributed by atoms with Crippen LogP contribution in [0.2, 0.25) is 0 Å². The normalized spacial score (nSPS) is 9.69. The fourth-order valence-electron chi connectivity index (χ4n) is 1.03. The Bertz CT molecular complexity index is 246. The molecule has 0 aliphatic rings. The third kappa shape index (κ3) is 3.36. The van der Waals surface area contributed by atoms with E-state index in [0.717, 1.165) is 30.9 Å². The van der Waals surface area contributed by atoms with Gasteiger partial charge in [0.05, 0.1) is 13.7 Å². The Kier molecular flexibility index (Phi) is 4.16. The van der Waals surface area contributed by atoms with E-state index in [4.69, 9.17) is 9.47 Å². The number of methoxy groups -OCH3 is 1. The molecule has 13 heavy (non-hydrogen) atoms. The maximum Gasteiger partial charge on any atom is 0.122 e. The van der Waals surface area contributed by atoms with Gasteiger partial charge in [0.2, 0.25) is 0 Å². The Labute approximate surface area is 79.5 Å². The third-order valence-corrected chi connectivity index (χ3v) is 1.81. The van der Waals surface area contributed by atoms with E-state index in [1.807, 2.05) is 24.3 Å². The zero-order chi connectivity index (χ0) is 9.52. The second kappa shape index (κ2) is 5.46. The van der Waals surface area contributed by atoms with Gasteiger partial charge >= 0.3 is 0 Å². The van der Waals surface area contributed by atoms with Crippen LogP contribution in [0.4, 0.5) is 0 Å². The highest BCUT2D eigenvalue weighted by atomic mass is 16.5. The first-order valence-corrected chi connectivity index (χ1v) is 4.63. The summed E-state index contributed by atoms with van der Waals surface area (Å²) in [6.07, 6.45) is 2.25. The van der Waals surface area contributed by atoms with Crippen molar-refractivity contribution >= 4 is 0 Å². The first kappa shape index (κ1) is 9.90. The largest absolute Gasteiger partial charge is 0.497 e. The highest BCUT2D eigenvalue weighted by molar-refractivity contribution is 5.32. The maximum absolute atomic E-state index is 5.51. The minimum Gasteiger partial charge on any atom is -0.497 e. The standard InChI is InChI=1S/C11H16O2/c1-3-4-8-13-11-7-5-6-10(9-11)12-2/h5-7,9H,3-4,8H2,1-2H3. The van der Waals surface area contributed by atoms with Crippen molar-refractivity contribution in [2.75, 3.05) is 13.7 Å². The smallest absolute Gasteiger partial charge is 0.122 e. The zero-order valence-electron chi connectivity index (χ0n) is 8.25. The minimum absolute atomic E-state index is 0.781. The molecule has 0 unspecified atom stereocenters. The molecule has 0 spiro atoms. The molecule has 0 aliphatic carbocycles. The number of unbranched alkanes of at least 4 members (excludes halogenated alkanes) is 1. The molecule has 0 saturated heterocycles. The molecule has 1 rings (SSSR count). The van der Waals surface area contributed by atoms with Crippen molar-refractivity contribution in [3.05, 3.63) is 24.3 Å². The number of hydrogen-bond donors (Lipinski definition) is 0. The van der Waals surface area contributed by atoms with Crippen LogP contribution >= 0.6 is 0 Å². The summed E-state index contributed by atoms with van der Waals surface area (Å²) >= 11 is 0. The molecule has 0 atom stereocenters. The molecule has 0 bridgehead atoms. The fraction of sp³-hybridized carbons (Fsp3) is 0.455. The third-order valence-electron chi connectivity index (χ3n) is 1.81. The quantitative estimate of drug-likeness (QED) is 0.649. The van der Waals surface area contributed by atoms with Crippen LogP contribution in [0.5, 0.6) is 11.5 Å². The Balaban J connectivity index is 2.46. The summed E-state index contributed by atoms with van der Waals surface area (Å²) in [6.45, 7) is 2.93. The molecule has 0 heterocycles. The topological polar surface area (TPSA) is 18.5 Å². The Morgan fingerprint density at radius 1 is 1.23 bits per heavy atom. The van der Waals surface area contributed by atoms with Crippen molar-refractivity contribution in [2.24, 2.45) is 0 Å². The van der Waals surface area contributed by atoms with Crippen molar-refractivity contribution in [2.45, 2.75) is 19.8 Å². The molecular weight excluding hydrogens is 164 g/mol. The van der Waals surface area contributed by atoms with Gasteiger partial charge in [0.15, 0.2) is 0 Å². The summed E-state index contributed by atoms with van der Waals surface area (Å²) in [5, 5.41) is 0. The van der Waals surface area contributed by atoms with E-state index in [-0.39, 0.29) is 0 Å². The van der Waals surface area contributed by atoms with E-state index >= 15 is 0 Å². The lowest BCUT2D eigenvalue weighted by molar-refractivity contribution is 0.307. The molecule has 1 aromatic rings. The van der Waals surface area contributed by atoms with Crippen molar-refractivity contribution in [3.8, 4) is 11.5 Å². The van der Waals surface area contributed by atoms with Crippen LogP contribution in [-0.2, 0) is 0 Å². The van der Waals surface area contributed by atoms with Crippen LogP contribution in [0.25, 0.3) is 0 Å². The van der Waals surface area contributed by atoms with Crippen LogP contribution in [0, 0.1) is 0 Å². The molecule has 2 heteroatoms. The molecule has 2 nitrogen and oxygen atoms in total. The van der Waals surface area contributed by atoms with Gasteiger partial charge in [-0.3, -0.25) is 0 Å². The number of rotatable bonds is 5. The highest BCUT2D eigenvalue weighted by Gasteiger charge is 1.95. The summed E-state index contributed by atoms with van der Waals surface area (Å²) < 4.78 is 10.6. The van der Waals surface area contributed by atoms with Crippen molar-refractivity contribution < 1.29 is 9.47 Å². The van der Waals surface area contributed by atoms with Gasteiger partial charge in [-0.15, -0.1) is 0 Å².